The molecule has 198 valence electrons. The van der Waals surface area contributed by atoms with Crippen molar-refractivity contribution in [3.8, 4) is 23.3 Å². The fourth-order valence-electron chi connectivity index (χ4n) is 4.40. The maximum atomic E-state index is 12.4. The summed E-state index contributed by atoms with van der Waals surface area (Å²) in [5.41, 5.74) is 10.9. The standard InChI is InChI=1S/C33H25ClN2O4/c1-21-9-11-22(12-10-21)20-38-25-7-4-6-24(17-25)32-27-15-14-26(18-30(27)40-33(36)28(32)19-35)39-31(37)16-13-23-5-2-3-8-29(23)34/h2-18,32H,20,36H2,1H3/b16-13+. The molecule has 40 heavy (non-hydrogen) atoms. The first-order chi connectivity index (χ1) is 19.4. The number of nitrogens with zero attached hydrogens (tertiary/aromatic N) is 1. The van der Waals surface area contributed by atoms with Gasteiger partial charge in [0.1, 0.15) is 35.5 Å². The molecule has 0 saturated carbocycles. The second kappa shape index (κ2) is 11.8. The van der Waals surface area contributed by atoms with Crippen LogP contribution in [0.2, 0.25) is 5.02 Å². The molecular formula is C33H25ClN2O4. The number of carbonyl (C=O) groups excluding carboxylic acids is 1. The first-order valence-electron chi connectivity index (χ1n) is 12.6. The lowest BCUT2D eigenvalue weighted by molar-refractivity contribution is -0.128. The zero-order valence-electron chi connectivity index (χ0n) is 21.6. The van der Waals surface area contributed by atoms with Gasteiger partial charge in [-0.15, -0.1) is 0 Å². The first kappa shape index (κ1) is 26.6. The third-order valence-electron chi connectivity index (χ3n) is 6.43. The van der Waals surface area contributed by atoms with Gasteiger partial charge in [0, 0.05) is 22.7 Å². The molecule has 0 fully saturated rings. The van der Waals surface area contributed by atoms with Gasteiger partial charge in [-0.25, -0.2) is 4.79 Å². The number of halogens is 1. The molecule has 4 aromatic carbocycles. The van der Waals surface area contributed by atoms with Crippen molar-refractivity contribution in [3.63, 3.8) is 0 Å². The molecule has 1 unspecified atom stereocenters. The zero-order chi connectivity index (χ0) is 28.1. The molecule has 4 aromatic rings. The molecule has 1 aliphatic heterocycles. The Labute approximate surface area is 237 Å². The highest BCUT2D eigenvalue weighted by molar-refractivity contribution is 6.32. The number of hydrogen-bond donors (Lipinski definition) is 1. The molecule has 1 heterocycles. The molecule has 0 radical (unpaired) electrons. The quantitative estimate of drug-likeness (QED) is 0.151. The van der Waals surface area contributed by atoms with E-state index >= 15 is 0 Å². The topological polar surface area (TPSA) is 94.6 Å². The third-order valence-corrected chi connectivity index (χ3v) is 6.77. The van der Waals surface area contributed by atoms with Gasteiger partial charge in [0.05, 0.1) is 5.92 Å². The van der Waals surface area contributed by atoms with Gasteiger partial charge in [-0.2, -0.15) is 5.26 Å². The molecule has 2 N–H and O–H groups in total. The SMILES string of the molecule is Cc1ccc(COc2cccc(C3C(C#N)=C(N)Oc4cc(OC(=O)/C=C/c5ccccc5Cl)ccc43)c2)cc1. The van der Waals surface area contributed by atoms with Crippen LogP contribution in [0.3, 0.4) is 0 Å². The fraction of sp³-hybridized carbons (Fsp3) is 0.0909. The van der Waals surface area contributed by atoms with E-state index in [1.807, 2.05) is 67.6 Å². The minimum Gasteiger partial charge on any atom is -0.489 e. The Morgan fingerprint density at radius 2 is 1.82 bits per heavy atom. The second-order valence-electron chi connectivity index (χ2n) is 9.25. The number of esters is 1. The number of allylic oxidation sites excluding steroid dienone is 1. The molecule has 7 heteroatoms. The van der Waals surface area contributed by atoms with Crippen molar-refractivity contribution in [2.45, 2.75) is 19.4 Å². The van der Waals surface area contributed by atoms with Crippen LogP contribution in [0, 0.1) is 18.3 Å². The summed E-state index contributed by atoms with van der Waals surface area (Å²) in [7, 11) is 0. The summed E-state index contributed by atoms with van der Waals surface area (Å²) in [5.74, 6) is 0.266. The van der Waals surface area contributed by atoms with Crippen molar-refractivity contribution < 1.29 is 19.0 Å². The van der Waals surface area contributed by atoms with E-state index in [1.54, 1.807) is 36.4 Å². The van der Waals surface area contributed by atoms with Gasteiger partial charge in [0.25, 0.3) is 0 Å². The maximum Gasteiger partial charge on any atom is 0.336 e. The van der Waals surface area contributed by atoms with E-state index in [1.165, 1.54) is 11.6 Å². The van der Waals surface area contributed by atoms with Crippen LogP contribution in [0.4, 0.5) is 0 Å². The van der Waals surface area contributed by atoms with E-state index in [0.717, 1.165) is 11.1 Å². The lowest BCUT2D eigenvalue weighted by Crippen LogP contribution is -2.21. The first-order valence-corrected chi connectivity index (χ1v) is 12.9. The van der Waals surface area contributed by atoms with Gasteiger partial charge in [-0.05, 0) is 54.0 Å². The Balaban J connectivity index is 1.37. The summed E-state index contributed by atoms with van der Waals surface area (Å²) < 4.78 is 17.3. The number of rotatable bonds is 7. The normalized spacial score (nSPS) is 14.3. The van der Waals surface area contributed by atoms with Crippen LogP contribution in [0.5, 0.6) is 17.2 Å². The molecule has 0 spiro atoms. The van der Waals surface area contributed by atoms with E-state index in [-0.39, 0.29) is 17.2 Å². The molecule has 0 bridgehead atoms. The Hall–Kier alpha value is -4.99. The number of carbonyl (C=O) groups is 1. The summed E-state index contributed by atoms with van der Waals surface area (Å²) in [6.07, 6.45) is 2.89. The largest absolute Gasteiger partial charge is 0.489 e. The summed E-state index contributed by atoms with van der Waals surface area (Å²) in [6, 6.07) is 30.1. The van der Waals surface area contributed by atoms with E-state index in [0.29, 0.717) is 34.3 Å². The summed E-state index contributed by atoms with van der Waals surface area (Å²) in [6.45, 7) is 2.45. The van der Waals surface area contributed by atoms with Gasteiger partial charge < -0.3 is 19.9 Å². The highest BCUT2D eigenvalue weighted by Crippen LogP contribution is 2.44. The Kier molecular flexibility index (Phi) is 7.86. The molecule has 0 amide bonds. The highest BCUT2D eigenvalue weighted by atomic mass is 35.5. The van der Waals surface area contributed by atoms with Crippen LogP contribution in [0.15, 0.2) is 109 Å². The smallest absolute Gasteiger partial charge is 0.336 e. The molecule has 5 rings (SSSR count). The maximum absolute atomic E-state index is 12.4. The number of ether oxygens (including phenoxy) is 3. The van der Waals surface area contributed by atoms with E-state index in [4.69, 9.17) is 31.5 Å². The van der Waals surface area contributed by atoms with Crippen molar-refractivity contribution in [1.29, 1.82) is 5.26 Å². The van der Waals surface area contributed by atoms with E-state index in [9.17, 15) is 10.1 Å². The number of nitriles is 1. The van der Waals surface area contributed by atoms with Crippen LogP contribution >= 0.6 is 11.6 Å². The predicted molar refractivity (Wildman–Crippen MR) is 154 cm³/mol. The van der Waals surface area contributed by atoms with Crippen molar-refractivity contribution >= 4 is 23.6 Å². The van der Waals surface area contributed by atoms with E-state index in [2.05, 4.69) is 6.07 Å². The minimum atomic E-state index is -0.577. The van der Waals surface area contributed by atoms with Crippen LogP contribution in [-0.2, 0) is 11.4 Å². The van der Waals surface area contributed by atoms with Gasteiger partial charge >= 0.3 is 5.97 Å². The van der Waals surface area contributed by atoms with Crippen molar-refractivity contribution in [2.24, 2.45) is 5.73 Å². The Morgan fingerprint density at radius 3 is 2.60 bits per heavy atom. The van der Waals surface area contributed by atoms with Gasteiger partial charge in [0.15, 0.2) is 0 Å². The van der Waals surface area contributed by atoms with Crippen molar-refractivity contribution in [2.75, 3.05) is 0 Å². The average molecular weight is 549 g/mol. The number of aryl methyl sites for hydroxylation is 1. The zero-order valence-corrected chi connectivity index (χ0v) is 22.4. The van der Waals surface area contributed by atoms with Crippen LogP contribution < -0.4 is 19.9 Å². The van der Waals surface area contributed by atoms with Gasteiger partial charge in [0.2, 0.25) is 5.88 Å². The molecular weight excluding hydrogens is 524 g/mol. The average Bonchev–Trinajstić information content (AvgIpc) is 2.96. The molecule has 1 aliphatic rings. The molecule has 6 nitrogen and oxygen atoms in total. The highest BCUT2D eigenvalue weighted by Gasteiger charge is 2.31. The molecule has 0 saturated heterocycles. The van der Waals surface area contributed by atoms with Crippen molar-refractivity contribution in [3.05, 3.63) is 141 Å². The Morgan fingerprint density at radius 1 is 1.02 bits per heavy atom. The van der Waals surface area contributed by atoms with Crippen LogP contribution in [0.25, 0.3) is 6.08 Å². The number of hydrogen-bond acceptors (Lipinski definition) is 6. The van der Waals surface area contributed by atoms with Gasteiger partial charge in [-0.1, -0.05) is 77.8 Å². The monoisotopic (exact) mass is 548 g/mol. The van der Waals surface area contributed by atoms with Crippen LogP contribution in [-0.4, -0.2) is 5.97 Å². The van der Waals surface area contributed by atoms with E-state index < -0.39 is 11.9 Å². The lowest BCUT2D eigenvalue weighted by Gasteiger charge is -2.27. The summed E-state index contributed by atoms with van der Waals surface area (Å²) >= 11 is 6.14. The molecule has 0 aromatic heterocycles. The number of nitrogens with two attached hydrogens (primary N) is 1. The Bertz CT molecular complexity index is 1670. The van der Waals surface area contributed by atoms with Crippen LogP contribution in [0.1, 0.15) is 33.7 Å². The summed E-state index contributed by atoms with van der Waals surface area (Å²) in [4.78, 5) is 12.4. The molecule has 1 atom stereocenters. The minimum absolute atomic E-state index is 0.00642. The summed E-state index contributed by atoms with van der Waals surface area (Å²) in [5, 5.41) is 10.5. The number of fused-ring (bicyclic) bond motifs is 1. The lowest BCUT2D eigenvalue weighted by atomic mass is 9.83. The molecule has 0 aliphatic carbocycles. The fourth-order valence-corrected chi connectivity index (χ4v) is 4.59. The van der Waals surface area contributed by atoms with Crippen molar-refractivity contribution in [1.82, 2.24) is 0 Å². The predicted octanol–water partition coefficient (Wildman–Crippen LogP) is 7.06. The number of benzene rings is 4. The third kappa shape index (κ3) is 6.01. The van der Waals surface area contributed by atoms with Gasteiger partial charge in [-0.3, -0.25) is 0 Å². The second-order valence-corrected chi connectivity index (χ2v) is 9.65.